The molecule has 0 amide bonds. The second-order valence-electron chi connectivity index (χ2n) is 2.65. The summed E-state index contributed by atoms with van der Waals surface area (Å²) in [6.07, 6.45) is 2.06. The minimum Gasteiger partial charge on any atom is -0.379 e. The summed E-state index contributed by atoms with van der Waals surface area (Å²) < 4.78 is 0. The van der Waals surface area contributed by atoms with Gasteiger partial charge in [-0.3, -0.25) is 10.4 Å². The first-order valence-corrected chi connectivity index (χ1v) is 4.98. The average molecular weight is 243 g/mol. The monoisotopic (exact) mass is 242 g/mol. The van der Waals surface area contributed by atoms with Crippen molar-refractivity contribution in [1.82, 2.24) is 4.98 Å². The number of halogens is 1. The van der Waals surface area contributed by atoms with Crippen LogP contribution in [0.25, 0.3) is 0 Å². The van der Waals surface area contributed by atoms with Crippen LogP contribution in [0.15, 0.2) is 18.3 Å². The maximum atomic E-state index is 8.44. The first-order valence-electron chi connectivity index (χ1n) is 4.00. The van der Waals surface area contributed by atoms with Crippen molar-refractivity contribution in [3.63, 3.8) is 0 Å². The molecule has 6 heteroatoms. The summed E-state index contributed by atoms with van der Waals surface area (Å²) in [5, 5.41) is 15.6. The van der Waals surface area contributed by atoms with E-state index in [2.05, 4.69) is 11.1 Å². The fraction of sp³-hybridized carbons (Fsp3) is 0.222. The van der Waals surface area contributed by atoms with Gasteiger partial charge in [-0.15, -0.1) is 12.4 Å². The first kappa shape index (κ1) is 13.8. The van der Waals surface area contributed by atoms with Crippen LogP contribution in [-0.4, -0.2) is 10.2 Å². The molecule has 0 spiro atoms. The van der Waals surface area contributed by atoms with E-state index in [4.69, 9.17) is 16.4 Å². The number of nitrogens with one attached hydrogen (secondary N) is 1. The van der Waals surface area contributed by atoms with E-state index in [1.54, 1.807) is 6.20 Å². The number of pyridine rings is 1. The number of rotatable bonds is 3. The number of thioether (sulfide) groups is 1. The molecule has 0 saturated carbocycles. The Bertz CT molecular complexity index is 357. The van der Waals surface area contributed by atoms with Gasteiger partial charge in [0.15, 0.2) is 5.17 Å². The molecule has 15 heavy (non-hydrogen) atoms. The molecule has 1 aromatic heterocycles. The van der Waals surface area contributed by atoms with Crippen molar-refractivity contribution in [3.05, 3.63) is 29.6 Å². The van der Waals surface area contributed by atoms with Crippen molar-refractivity contribution >= 4 is 29.3 Å². The highest BCUT2D eigenvalue weighted by Gasteiger charge is 1.97. The maximum Gasteiger partial charge on any atom is 0.151 e. The fourth-order valence-corrected chi connectivity index (χ4v) is 1.36. The standard InChI is InChI=1S/C9H10N4S.ClH/c10-4-3-7-1-2-8(13-5-7)6-14-9(11)12;/h1-2,5H,3,6H2,(H3,11,12);1H. The summed E-state index contributed by atoms with van der Waals surface area (Å²) in [6.45, 7) is 0. The molecule has 0 fully saturated rings. The molecule has 0 bridgehead atoms. The summed E-state index contributed by atoms with van der Waals surface area (Å²) in [5.41, 5.74) is 6.97. The highest BCUT2D eigenvalue weighted by Crippen LogP contribution is 2.09. The van der Waals surface area contributed by atoms with Crippen LogP contribution in [0.1, 0.15) is 11.3 Å². The number of nitriles is 1. The highest BCUT2D eigenvalue weighted by molar-refractivity contribution is 8.13. The van der Waals surface area contributed by atoms with Gasteiger partial charge in [-0.05, 0) is 11.6 Å². The Hall–Kier alpha value is -1.25. The van der Waals surface area contributed by atoms with Crippen LogP contribution in [0, 0.1) is 16.7 Å². The van der Waals surface area contributed by atoms with Crippen LogP contribution in [-0.2, 0) is 12.2 Å². The minimum absolute atomic E-state index is 0. The number of nitrogens with two attached hydrogens (primary N) is 1. The summed E-state index contributed by atoms with van der Waals surface area (Å²) >= 11 is 1.24. The SMILES string of the molecule is Cl.N#CCc1ccc(CSC(=N)N)nc1. The Morgan fingerprint density at radius 2 is 2.33 bits per heavy atom. The molecule has 0 radical (unpaired) electrons. The normalized spacial score (nSPS) is 8.73. The molecule has 1 heterocycles. The van der Waals surface area contributed by atoms with E-state index in [0.717, 1.165) is 11.3 Å². The van der Waals surface area contributed by atoms with E-state index < -0.39 is 0 Å². The van der Waals surface area contributed by atoms with E-state index in [0.29, 0.717) is 12.2 Å². The van der Waals surface area contributed by atoms with Crippen LogP contribution in [0.4, 0.5) is 0 Å². The lowest BCUT2D eigenvalue weighted by molar-refractivity contribution is 1.12. The molecule has 0 aliphatic carbocycles. The molecule has 1 aromatic rings. The summed E-state index contributed by atoms with van der Waals surface area (Å²) in [4.78, 5) is 4.15. The van der Waals surface area contributed by atoms with Crippen molar-refractivity contribution in [1.29, 1.82) is 10.7 Å². The van der Waals surface area contributed by atoms with Gasteiger partial charge in [-0.25, -0.2) is 0 Å². The van der Waals surface area contributed by atoms with Crippen molar-refractivity contribution in [2.24, 2.45) is 5.73 Å². The van der Waals surface area contributed by atoms with Gasteiger partial charge < -0.3 is 5.73 Å². The van der Waals surface area contributed by atoms with Crippen LogP contribution < -0.4 is 5.73 Å². The molecule has 3 N–H and O–H groups in total. The lowest BCUT2D eigenvalue weighted by atomic mass is 10.2. The Kier molecular flexibility index (Phi) is 6.50. The number of hydrogen-bond acceptors (Lipinski definition) is 4. The van der Waals surface area contributed by atoms with Gasteiger partial charge in [-0.1, -0.05) is 17.8 Å². The molecular formula is C9H11ClN4S. The molecular weight excluding hydrogens is 232 g/mol. The van der Waals surface area contributed by atoms with E-state index >= 15 is 0 Å². The summed E-state index contributed by atoms with van der Waals surface area (Å²) in [5.74, 6) is 0.599. The zero-order valence-electron chi connectivity index (χ0n) is 7.93. The smallest absolute Gasteiger partial charge is 0.151 e. The van der Waals surface area contributed by atoms with Crippen LogP contribution in [0.3, 0.4) is 0 Å². The van der Waals surface area contributed by atoms with E-state index in [1.807, 2.05) is 12.1 Å². The third-order valence-corrected chi connectivity index (χ3v) is 2.30. The topological polar surface area (TPSA) is 86.5 Å². The van der Waals surface area contributed by atoms with Gasteiger partial charge in [0.2, 0.25) is 0 Å². The highest BCUT2D eigenvalue weighted by atomic mass is 35.5. The van der Waals surface area contributed by atoms with Crippen molar-refractivity contribution in [3.8, 4) is 6.07 Å². The maximum absolute atomic E-state index is 8.44. The van der Waals surface area contributed by atoms with E-state index in [-0.39, 0.29) is 17.6 Å². The Balaban J connectivity index is 0.00000196. The van der Waals surface area contributed by atoms with Gasteiger partial charge in [0.1, 0.15) is 0 Å². The molecule has 0 unspecified atom stereocenters. The molecule has 4 nitrogen and oxygen atoms in total. The van der Waals surface area contributed by atoms with Crippen molar-refractivity contribution in [2.75, 3.05) is 0 Å². The van der Waals surface area contributed by atoms with Crippen LogP contribution >= 0.6 is 24.2 Å². The Morgan fingerprint density at radius 3 is 2.80 bits per heavy atom. The summed E-state index contributed by atoms with van der Waals surface area (Å²) in [7, 11) is 0. The van der Waals surface area contributed by atoms with Crippen molar-refractivity contribution < 1.29 is 0 Å². The number of nitrogens with zero attached hydrogens (tertiary/aromatic N) is 2. The van der Waals surface area contributed by atoms with Crippen LogP contribution in [0.5, 0.6) is 0 Å². The fourth-order valence-electron chi connectivity index (χ4n) is 0.888. The van der Waals surface area contributed by atoms with E-state index in [9.17, 15) is 0 Å². The van der Waals surface area contributed by atoms with Gasteiger partial charge in [0.25, 0.3) is 0 Å². The molecule has 0 aromatic carbocycles. The first-order chi connectivity index (χ1) is 6.72. The Labute approximate surface area is 98.8 Å². The van der Waals surface area contributed by atoms with E-state index in [1.165, 1.54) is 11.8 Å². The third kappa shape index (κ3) is 5.25. The average Bonchev–Trinajstić information content (AvgIpc) is 2.17. The number of hydrogen-bond donors (Lipinski definition) is 2. The number of aromatic nitrogens is 1. The van der Waals surface area contributed by atoms with Crippen molar-refractivity contribution in [2.45, 2.75) is 12.2 Å². The number of amidine groups is 1. The molecule has 0 aliphatic rings. The second kappa shape index (κ2) is 7.10. The molecule has 0 atom stereocenters. The predicted octanol–water partition coefficient (Wildman–Crippen LogP) is 1.70. The van der Waals surface area contributed by atoms with Gasteiger partial charge in [-0.2, -0.15) is 5.26 Å². The zero-order valence-corrected chi connectivity index (χ0v) is 9.57. The third-order valence-electron chi connectivity index (χ3n) is 1.54. The van der Waals surface area contributed by atoms with Gasteiger partial charge >= 0.3 is 0 Å². The minimum atomic E-state index is 0. The second-order valence-corrected chi connectivity index (χ2v) is 3.66. The largest absolute Gasteiger partial charge is 0.379 e. The zero-order chi connectivity index (χ0) is 10.4. The summed E-state index contributed by atoms with van der Waals surface area (Å²) in [6, 6.07) is 5.77. The van der Waals surface area contributed by atoms with Gasteiger partial charge in [0, 0.05) is 11.9 Å². The molecule has 80 valence electrons. The quantitative estimate of drug-likeness (QED) is 0.624. The van der Waals surface area contributed by atoms with Gasteiger partial charge in [0.05, 0.1) is 18.2 Å². The molecule has 1 rings (SSSR count). The molecule has 0 saturated heterocycles. The predicted molar refractivity (Wildman–Crippen MR) is 64.0 cm³/mol. The van der Waals surface area contributed by atoms with Crippen LogP contribution in [0.2, 0.25) is 0 Å². The lowest BCUT2D eigenvalue weighted by Gasteiger charge is -1.99. The Morgan fingerprint density at radius 1 is 1.60 bits per heavy atom. The molecule has 0 aliphatic heterocycles. The lowest BCUT2D eigenvalue weighted by Crippen LogP contribution is -2.04.